The fraction of sp³-hybridized carbons (Fsp3) is 0.400. The van der Waals surface area contributed by atoms with Gasteiger partial charge in [-0.15, -0.1) is 0 Å². The van der Waals surface area contributed by atoms with E-state index >= 15 is 0 Å². The number of nitrogens with one attached hydrogen (secondary N) is 1. The summed E-state index contributed by atoms with van der Waals surface area (Å²) in [6.07, 6.45) is 0. The number of ether oxygens (including phenoxy) is 1. The minimum Gasteiger partial charge on any atom is -0.496 e. The second-order valence-corrected chi connectivity index (χ2v) is 3.14. The Morgan fingerprint density at radius 3 is 3.08 bits per heavy atom. The monoisotopic (exact) mass is 163 g/mol. The van der Waals surface area contributed by atoms with Crippen LogP contribution in [0.4, 0.5) is 0 Å². The van der Waals surface area contributed by atoms with Crippen LogP contribution < -0.4 is 10.1 Å². The summed E-state index contributed by atoms with van der Waals surface area (Å²) in [5, 5.41) is 3.38. The van der Waals surface area contributed by atoms with Crippen molar-refractivity contribution in [2.75, 3.05) is 7.11 Å². The molecule has 64 valence electrons. The fourth-order valence-corrected chi connectivity index (χ4v) is 1.78. The second kappa shape index (κ2) is 2.79. The van der Waals surface area contributed by atoms with Gasteiger partial charge in [-0.3, -0.25) is 0 Å². The number of methoxy groups -OCH3 is 1. The van der Waals surface area contributed by atoms with E-state index in [1.165, 1.54) is 11.1 Å². The van der Waals surface area contributed by atoms with Gasteiger partial charge in [0.15, 0.2) is 0 Å². The third kappa shape index (κ3) is 0.994. The topological polar surface area (TPSA) is 21.3 Å². The molecule has 1 atom stereocenters. The van der Waals surface area contributed by atoms with Crippen LogP contribution in [0.2, 0.25) is 0 Å². The van der Waals surface area contributed by atoms with Crippen molar-refractivity contribution in [2.45, 2.75) is 19.5 Å². The smallest absolute Gasteiger partial charge is 0.123 e. The summed E-state index contributed by atoms with van der Waals surface area (Å²) >= 11 is 0. The van der Waals surface area contributed by atoms with Gasteiger partial charge in [0.2, 0.25) is 0 Å². The molecule has 0 spiro atoms. The molecule has 1 aliphatic rings. The number of hydrogen-bond acceptors (Lipinski definition) is 2. The van der Waals surface area contributed by atoms with Crippen molar-refractivity contribution >= 4 is 0 Å². The molecule has 2 heteroatoms. The van der Waals surface area contributed by atoms with E-state index in [-0.39, 0.29) is 0 Å². The maximum Gasteiger partial charge on any atom is 0.123 e. The fourth-order valence-electron chi connectivity index (χ4n) is 1.78. The molecule has 0 saturated carbocycles. The molecule has 0 unspecified atom stereocenters. The molecule has 12 heavy (non-hydrogen) atoms. The Hall–Kier alpha value is -1.02. The molecule has 0 fully saturated rings. The van der Waals surface area contributed by atoms with E-state index in [0.717, 1.165) is 12.3 Å². The van der Waals surface area contributed by atoms with Crippen LogP contribution in [0.3, 0.4) is 0 Å². The molecule has 0 radical (unpaired) electrons. The average Bonchev–Trinajstić information content (AvgIpc) is 2.48. The van der Waals surface area contributed by atoms with E-state index in [2.05, 4.69) is 18.3 Å². The lowest BCUT2D eigenvalue weighted by Crippen LogP contribution is -2.07. The third-order valence-corrected chi connectivity index (χ3v) is 2.41. The zero-order chi connectivity index (χ0) is 8.55. The zero-order valence-electron chi connectivity index (χ0n) is 7.42. The summed E-state index contributed by atoms with van der Waals surface area (Å²) in [5.74, 6) is 1.00. The van der Waals surface area contributed by atoms with E-state index < -0.39 is 0 Å². The molecule has 0 amide bonds. The molecule has 0 aromatic heterocycles. The number of rotatable bonds is 1. The predicted octanol–water partition coefficient (Wildman–Crippen LogP) is 1.86. The highest BCUT2D eigenvalue weighted by atomic mass is 16.5. The maximum absolute atomic E-state index is 5.29. The van der Waals surface area contributed by atoms with Gasteiger partial charge in [-0.05, 0) is 18.6 Å². The molecule has 0 saturated heterocycles. The third-order valence-electron chi connectivity index (χ3n) is 2.41. The molecule has 1 N–H and O–H groups in total. The van der Waals surface area contributed by atoms with Gasteiger partial charge < -0.3 is 10.1 Å². The van der Waals surface area contributed by atoms with Crippen molar-refractivity contribution in [1.82, 2.24) is 5.32 Å². The quantitative estimate of drug-likeness (QED) is 0.682. The van der Waals surface area contributed by atoms with Gasteiger partial charge in [0.05, 0.1) is 7.11 Å². The molecule has 2 nitrogen and oxygen atoms in total. The van der Waals surface area contributed by atoms with Crippen molar-refractivity contribution in [3.63, 3.8) is 0 Å². The van der Waals surface area contributed by atoms with Crippen molar-refractivity contribution < 1.29 is 4.74 Å². The minimum absolute atomic E-state index is 0.427. The van der Waals surface area contributed by atoms with E-state index in [1.807, 2.05) is 12.1 Å². The zero-order valence-corrected chi connectivity index (χ0v) is 7.42. The van der Waals surface area contributed by atoms with Crippen LogP contribution in [0.1, 0.15) is 24.1 Å². The Labute approximate surface area is 72.5 Å². The summed E-state index contributed by atoms with van der Waals surface area (Å²) in [4.78, 5) is 0. The first-order valence-electron chi connectivity index (χ1n) is 4.22. The van der Waals surface area contributed by atoms with Crippen LogP contribution in [-0.2, 0) is 6.54 Å². The molecule has 0 aliphatic carbocycles. The number of hydrogen-bond donors (Lipinski definition) is 1. The first-order valence-corrected chi connectivity index (χ1v) is 4.22. The van der Waals surface area contributed by atoms with E-state index in [4.69, 9.17) is 4.74 Å². The average molecular weight is 163 g/mol. The summed E-state index contributed by atoms with van der Waals surface area (Å²) in [5.41, 5.74) is 2.68. The van der Waals surface area contributed by atoms with Gasteiger partial charge >= 0.3 is 0 Å². The summed E-state index contributed by atoms with van der Waals surface area (Å²) in [6.45, 7) is 3.13. The SMILES string of the molecule is COc1cccc2c1[C@@H](C)NC2. The van der Waals surface area contributed by atoms with Gasteiger partial charge in [-0.2, -0.15) is 0 Å². The first-order chi connectivity index (χ1) is 5.83. The first kappa shape index (κ1) is 7.62. The highest BCUT2D eigenvalue weighted by molar-refractivity contribution is 5.44. The van der Waals surface area contributed by atoms with Crippen molar-refractivity contribution in [1.29, 1.82) is 0 Å². The maximum atomic E-state index is 5.29. The summed E-state index contributed by atoms with van der Waals surface area (Å²) in [6, 6.07) is 6.63. The Bertz CT molecular complexity index is 296. The lowest BCUT2D eigenvalue weighted by atomic mass is 10.1. The van der Waals surface area contributed by atoms with Crippen LogP contribution in [0, 0.1) is 0 Å². The van der Waals surface area contributed by atoms with Crippen LogP contribution in [-0.4, -0.2) is 7.11 Å². The highest BCUT2D eigenvalue weighted by Gasteiger charge is 2.20. The molecule has 1 heterocycles. The lowest BCUT2D eigenvalue weighted by molar-refractivity contribution is 0.406. The van der Waals surface area contributed by atoms with Crippen molar-refractivity contribution in [3.05, 3.63) is 29.3 Å². The summed E-state index contributed by atoms with van der Waals surface area (Å²) < 4.78 is 5.29. The van der Waals surface area contributed by atoms with Crippen LogP contribution in [0.5, 0.6) is 5.75 Å². The van der Waals surface area contributed by atoms with Gasteiger partial charge in [-0.25, -0.2) is 0 Å². The molecular weight excluding hydrogens is 150 g/mol. The second-order valence-electron chi connectivity index (χ2n) is 3.14. The summed E-state index contributed by atoms with van der Waals surface area (Å²) in [7, 11) is 1.72. The molecule has 1 aliphatic heterocycles. The predicted molar refractivity (Wildman–Crippen MR) is 48.2 cm³/mol. The molecule has 2 rings (SSSR count). The van der Waals surface area contributed by atoms with E-state index in [0.29, 0.717) is 6.04 Å². The number of benzene rings is 1. The molecule has 0 bridgehead atoms. The Morgan fingerprint density at radius 1 is 1.50 bits per heavy atom. The van der Waals surface area contributed by atoms with Gasteiger partial charge in [0.1, 0.15) is 5.75 Å². The van der Waals surface area contributed by atoms with Crippen LogP contribution >= 0.6 is 0 Å². The van der Waals surface area contributed by atoms with Crippen LogP contribution in [0.15, 0.2) is 18.2 Å². The molecule has 1 aromatic rings. The van der Waals surface area contributed by atoms with Gasteiger partial charge in [-0.1, -0.05) is 12.1 Å². The molecular formula is C10H13NO. The standard InChI is InChI=1S/C10H13NO/c1-7-10-8(6-11-7)4-3-5-9(10)12-2/h3-5,7,11H,6H2,1-2H3/t7-/m1/s1. The Morgan fingerprint density at radius 2 is 2.33 bits per heavy atom. The minimum atomic E-state index is 0.427. The number of fused-ring (bicyclic) bond motifs is 1. The van der Waals surface area contributed by atoms with Gasteiger partial charge in [0.25, 0.3) is 0 Å². The molecule has 1 aromatic carbocycles. The van der Waals surface area contributed by atoms with E-state index in [9.17, 15) is 0 Å². The largest absolute Gasteiger partial charge is 0.496 e. The normalized spacial score (nSPS) is 20.7. The lowest BCUT2D eigenvalue weighted by Gasteiger charge is -2.09. The highest BCUT2D eigenvalue weighted by Crippen LogP contribution is 2.32. The van der Waals surface area contributed by atoms with Crippen LogP contribution in [0.25, 0.3) is 0 Å². The Kier molecular flexibility index (Phi) is 1.77. The van der Waals surface area contributed by atoms with Gasteiger partial charge in [0, 0.05) is 18.2 Å². The Balaban J connectivity index is 2.53. The van der Waals surface area contributed by atoms with Crippen molar-refractivity contribution in [3.8, 4) is 5.75 Å². The van der Waals surface area contributed by atoms with Crippen molar-refractivity contribution in [2.24, 2.45) is 0 Å². The van der Waals surface area contributed by atoms with E-state index in [1.54, 1.807) is 7.11 Å².